The van der Waals surface area contributed by atoms with Gasteiger partial charge in [-0.3, -0.25) is 4.98 Å². The Morgan fingerprint density at radius 3 is 2.31 bits per heavy atom. The fraction of sp³-hybridized carbons (Fsp3) is 0.250. The fourth-order valence-electron chi connectivity index (χ4n) is 4.08. The van der Waals surface area contributed by atoms with Crippen LogP contribution in [0, 0.1) is 0 Å². The molecule has 0 atom stereocenters. The lowest BCUT2D eigenvalue weighted by Gasteiger charge is -2.30. The molecule has 1 saturated carbocycles. The number of nitrogens with zero attached hydrogens (tertiary/aromatic N) is 1. The highest BCUT2D eigenvalue weighted by atomic mass is 32.2. The summed E-state index contributed by atoms with van der Waals surface area (Å²) in [6.07, 6.45) is 6.85. The number of sulfonamides is 1. The number of carbonyl (C=O) groups excluding carboxylic acids is 1. The summed E-state index contributed by atoms with van der Waals surface area (Å²) < 4.78 is 29.3. The number of pyridine rings is 1. The van der Waals surface area contributed by atoms with Crippen LogP contribution in [0.4, 0.5) is 10.5 Å². The third-order valence-electron chi connectivity index (χ3n) is 5.71. The molecule has 3 aromatic rings. The van der Waals surface area contributed by atoms with Crippen LogP contribution in [0.2, 0.25) is 0 Å². The minimum absolute atomic E-state index is 0.168. The molecule has 1 aliphatic rings. The zero-order valence-electron chi connectivity index (χ0n) is 17.6. The van der Waals surface area contributed by atoms with E-state index in [2.05, 4.69) is 20.3 Å². The number of aromatic nitrogens is 1. The number of benzene rings is 2. The number of anilines is 1. The molecule has 0 unspecified atom stereocenters. The third kappa shape index (κ3) is 5.15. The molecule has 8 heteroatoms. The molecular weight excluding hydrogens is 424 g/mol. The molecule has 0 radical (unpaired) electrons. The number of rotatable bonds is 7. The van der Waals surface area contributed by atoms with Gasteiger partial charge in [-0.15, -0.1) is 0 Å². The molecule has 2 amide bonds. The molecule has 7 nitrogen and oxygen atoms in total. The van der Waals surface area contributed by atoms with Gasteiger partial charge in [0.25, 0.3) is 0 Å². The number of hydrogen-bond acceptors (Lipinski definition) is 4. The van der Waals surface area contributed by atoms with E-state index in [1.54, 1.807) is 30.6 Å². The maximum Gasteiger partial charge on any atom is 0.319 e. The standard InChI is InChI=1S/C24H26N4O3S/c29-23(26-18-19-7-6-16-25-17-19)27-21-10-12-22(13-11-21)32(30,31)28-24(14-4-5-15-24)20-8-2-1-3-9-20/h1-3,6-13,16-17,28H,4-5,14-15,18H2,(H2,26,27,29). The van der Waals surface area contributed by atoms with Crippen molar-refractivity contribution in [2.75, 3.05) is 5.32 Å². The Labute approximate surface area is 188 Å². The number of nitrogens with one attached hydrogen (secondary N) is 3. The highest BCUT2D eigenvalue weighted by molar-refractivity contribution is 7.89. The second-order valence-electron chi connectivity index (χ2n) is 7.95. The average molecular weight is 451 g/mol. The van der Waals surface area contributed by atoms with Gasteiger partial charge in [0.15, 0.2) is 0 Å². The first kappa shape index (κ1) is 22.0. The zero-order valence-corrected chi connectivity index (χ0v) is 18.4. The van der Waals surface area contributed by atoms with Crippen molar-refractivity contribution in [1.82, 2.24) is 15.0 Å². The molecule has 0 saturated heterocycles. The van der Waals surface area contributed by atoms with E-state index in [1.165, 1.54) is 12.1 Å². The summed E-state index contributed by atoms with van der Waals surface area (Å²) in [7, 11) is -3.73. The number of urea groups is 1. The zero-order chi connectivity index (χ0) is 22.4. The van der Waals surface area contributed by atoms with Crippen LogP contribution in [-0.4, -0.2) is 19.4 Å². The van der Waals surface area contributed by atoms with Crippen molar-refractivity contribution in [1.29, 1.82) is 0 Å². The minimum Gasteiger partial charge on any atom is -0.334 e. The van der Waals surface area contributed by atoms with E-state index in [0.717, 1.165) is 36.8 Å². The van der Waals surface area contributed by atoms with Crippen LogP contribution in [0.15, 0.2) is 84.0 Å². The largest absolute Gasteiger partial charge is 0.334 e. The molecule has 0 aliphatic heterocycles. The van der Waals surface area contributed by atoms with Crippen molar-refractivity contribution >= 4 is 21.7 Å². The van der Waals surface area contributed by atoms with Crippen molar-refractivity contribution in [3.05, 3.63) is 90.3 Å². The van der Waals surface area contributed by atoms with Crippen LogP contribution in [-0.2, 0) is 22.1 Å². The molecule has 0 spiro atoms. The van der Waals surface area contributed by atoms with Crippen LogP contribution < -0.4 is 15.4 Å². The predicted molar refractivity (Wildman–Crippen MR) is 123 cm³/mol. The van der Waals surface area contributed by atoms with Gasteiger partial charge < -0.3 is 10.6 Å². The lowest BCUT2D eigenvalue weighted by atomic mass is 9.89. The first-order chi connectivity index (χ1) is 15.5. The van der Waals surface area contributed by atoms with Crippen LogP contribution in [0.25, 0.3) is 0 Å². The van der Waals surface area contributed by atoms with E-state index < -0.39 is 15.6 Å². The van der Waals surface area contributed by atoms with Gasteiger partial charge in [-0.1, -0.05) is 49.2 Å². The summed E-state index contributed by atoms with van der Waals surface area (Å²) in [4.78, 5) is 16.3. The number of hydrogen-bond donors (Lipinski definition) is 3. The van der Waals surface area contributed by atoms with Crippen LogP contribution >= 0.6 is 0 Å². The topological polar surface area (TPSA) is 100 Å². The predicted octanol–water partition coefficient (Wildman–Crippen LogP) is 4.15. The van der Waals surface area contributed by atoms with Gasteiger partial charge in [0.05, 0.1) is 10.4 Å². The van der Waals surface area contributed by atoms with Crippen LogP contribution in [0.5, 0.6) is 0 Å². The molecule has 166 valence electrons. The van der Waals surface area contributed by atoms with E-state index >= 15 is 0 Å². The monoisotopic (exact) mass is 450 g/mol. The molecule has 1 aliphatic carbocycles. The first-order valence-corrected chi connectivity index (χ1v) is 12.1. The average Bonchev–Trinajstić information content (AvgIpc) is 3.28. The Hall–Kier alpha value is -3.23. The number of carbonyl (C=O) groups is 1. The lowest BCUT2D eigenvalue weighted by molar-refractivity contribution is 0.251. The van der Waals surface area contributed by atoms with Crippen molar-refractivity contribution in [2.24, 2.45) is 0 Å². The second-order valence-corrected chi connectivity index (χ2v) is 9.64. The Balaban J connectivity index is 1.42. The second kappa shape index (κ2) is 9.50. The van der Waals surface area contributed by atoms with E-state index in [-0.39, 0.29) is 10.9 Å². The van der Waals surface area contributed by atoms with Gasteiger partial charge in [0.2, 0.25) is 10.0 Å². The Kier molecular flexibility index (Phi) is 6.53. The molecule has 1 heterocycles. The van der Waals surface area contributed by atoms with Crippen molar-refractivity contribution < 1.29 is 13.2 Å². The van der Waals surface area contributed by atoms with Gasteiger partial charge in [0.1, 0.15) is 0 Å². The Bertz CT molecular complexity index is 1140. The van der Waals surface area contributed by atoms with Gasteiger partial charge in [-0.25, -0.2) is 17.9 Å². The van der Waals surface area contributed by atoms with Crippen molar-refractivity contribution in [3.8, 4) is 0 Å². The van der Waals surface area contributed by atoms with E-state index in [4.69, 9.17) is 0 Å². The Morgan fingerprint density at radius 1 is 0.938 bits per heavy atom. The third-order valence-corrected chi connectivity index (χ3v) is 7.26. The molecule has 0 bridgehead atoms. The summed E-state index contributed by atoms with van der Waals surface area (Å²) in [5.41, 5.74) is 1.80. The van der Waals surface area contributed by atoms with E-state index in [9.17, 15) is 13.2 Å². The summed E-state index contributed by atoms with van der Waals surface area (Å²) in [6.45, 7) is 0.345. The SMILES string of the molecule is O=C(NCc1cccnc1)Nc1ccc(S(=O)(=O)NC2(c3ccccc3)CCCC2)cc1. The molecule has 32 heavy (non-hydrogen) atoms. The van der Waals surface area contributed by atoms with Gasteiger partial charge in [-0.2, -0.15) is 0 Å². The van der Waals surface area contributed by atoms with E-state index in [0.29, 0.717) is 12.2 Å². The molecule has 2 aromatic carbocycles. The quantitative estimate of drug-likeness (QED) is 0.503. The highest BCUT2D eigenvalue weighted by Crippen LogP contribution is 2.39. The molecule has 4 rings (SSSR count). The minimum atomic E-state index is -3.73. The summed E-state index contributed by atoms with van der Waals surface area (Å²) >= 11 is 0. The fourth-order valence-corrected chi connectivity index (χ4v) is 5.53. The van der Waals surface area contributed by atoms with Crippen LogP contribution in [0.1, 0.15) is 36.8 Å². The smallest absolute Gasteiger partial charge is 0.319 e. The van der Waals surface area contributed by atoms with Crippen LogP contribution in [0.3, 0.4) is 0 Å². The van der Waals surface area contributed by atoms with Crippen molar-refractivity contribution in [2.45, 2.75) is 42.7 Å². The van der Waals surface area contributed by atoms with Crippen molar-refractivity contribution in [3.63, 3.8) is 0 Å². The Morgan fingerprint density at radius 2 is 1.66 bits per heavy atom. The van der Waals surface area contributed by atoms with Gasteiger partial charge >= 0.3 is 6.03 Å². The first-order valence-electron chi connectivity index (χ1n) is 10.6. The maximum atomic E-state index is 13.1. The number of amides is 2. The molecule has 3 N–H and O–H groups in total. The van der Waals surface area contributed by atoms with E-state index in [1.807, 2.05) is 36.4 Å². The summed E-state index contributed by atoms with van der Waals surface area (Å²) in [5, 5.41) is 5.45. The van der Waals surface area contributed by atoms with Gasteiger partial charge in [0, 0.05) is 24.6 Å². The van der Waals surface area contributed by atoms with Gasteiger partial charge in [-0.05, 0) is 54.3 Å². The molecule has 1 fully saturated rings. The highest BCUT2D eigenvalue weighted by Gasteiger charge is 2.39. The maximum absolute atomic E-state index is 13.1. The normalized spacial score (nSPS) is 15.2. The summed E-state index contributed by atoms with van der Waals surface area (Å²) in [5.74, 6) is 0. The molecule has 1 aromatic heterocycles. The molecular formula is C24H26N4O3S. The summed E-state index contributed by atoms with van der Waals surface area (Å²) in [6, 6.07) is 19.2. The lowest BCUT2D eigenvalue weighted by Crippen LogP contribution is -2.43.